The van der Waals surface area contributed by atoms with Gasteiger partial charge in [0.05, 0.1) is 23.4 Å². The Labute approximate surface area is 201 Å². The number of allylic oxidation sites excluding steroid dienone is 1. The Balaban J connectivity index is 1.77. The minimum Gasteiger partial charge on any atom is -0.492 e. The number of fused-ring (bicyclic) bond motifs is 1. The van der Waals surface area contributed by atoms with Crippen molar-refractivity contribution >= 4 is 35.3 Å². The van der Waals surface area contributed by atoms with Crippen LogP contribution in [0.3, 0.4) is 0 Å². The van der Waals surface area contributed by atoms with Gasteiger partial charge in [-0.25, -0.2) is 9.48 Å². The van der Waals surface area contributed by atoms with Gasteiger partial charge in [0.1, 0.15) is 11.8 Å². The summed E-state index contributed by atoms with van der Waals surface area (Å²) in [4.78, 5) is 29.5. The van der Waals surface area contributed by atoms with Crippen molar-refractivity contribution in [1.29, 1.82) is 0 Å². The van der Waals surface area contributed by atoms with Gasteiger partial charge in [-0.05, 0) is 49.4 Å². The lowest BCUT2D eigenvalue weighted by atomic mass is 9.94. The predicted molar refractivity (Wildman–Crippen MR) is 131 cm³/mol. The first kappa shape index (κ1) is 23.4. The molecular formula is C24H25N5O4S. The highest BCUT2D eigenvalue weighted by Gasteiger charge is 2.34. The second kappa shape index (κ2) is 10.0. The van der Waals surface area contributed by atoms with Crippen LogP contribution in [0.4, 0.5) is 11.6 Å². The van der Waals surface area contributed by atoms with Gasteiger partial charge in [-0.1, -0.05) is 43.0 Å². The number of nitrogens with one attached hydrogen (secondary N) is 2. The van der Waals surface area contributed by atoms with Crippen LogP contribution in [0.2, 0.25) is 0 Å². The fourth-order valence-electron chi connectivity index (χ4n) is 3.77. The third-order valence-corrected chi connectivity index (χ3v) is 5.98. The Hall–Kier alpha value is -3.79. The van der Waals surface area contributed by atoms with Gasteiger partial charge in [-0.3, -0.25) is 4.79 Å². The lowest BCUT2D eigenvalue weighted by molar-refractivity contribution is -0.113. The summed E-state index contributed by atoms with van der Waals surface area (Å²) in [6, 6.07) is 13.1. The van der Waals surface area contributed by atoms with Crippen LogP contribution in [0.15, 0.2) is 65.0 Å². The summed E-state index contributed by atoms with van der Waals surface area (Å²) in [6.07, 6.45) is 0. The Morgan fingerprint density at radius 2 is 1.91 bits per heavy atom. The van der Waals surface area contributed by atoms with Crippen molar-refractivity contribution in [3.05, 3.63) is 70.9 Å². The number of aromatic nitrogens is 3. The zero-order valence-corrected chi connectivity index (χ0v) is 19.8. The lowest BCUT2D eigenvalue weighted by Gasteiger charge is -2.29. The zero-order chi connectivity index (χ0) is 24.2. The normalized spacial score (nSPS) is 14.9. The minimum atomic E-state index is -1.02. The van der Waals surface area contributed by atoms with Crippen molar-refractivity contribution < 1.29 is 19.4 Å². The Bertz CT molecular complexity index is 1250. The molecule has 0 aliphatic carbocycles. The summed E-state index contributed by atoms with van der Waals surface area (Å²) in [5.74, 6) is 0.556. The number of thioether (sulfide) groups is 1. The largest absolute Gasteiger partial charge is 0.492 e. The second-order valence-corrected chi connectivity index (χ2v) is 8.70. The second-order valence-electron chi connectivity index (χ2n) is 7.47. The van der Waals surface area contributed by atoms with Crippen LogP contribution in [0.25, 0.3) is 0 Å². The maximum Gasteiger partial charge on any atom is 0.335 e. The molecule has 3 aromatic rings. The van der Waals surface area contributed by atoms with Crippen molar-refractivity contribution in [2.24, 2.45) is 0 Å². The molecule has 3 N–H and O–H groups in total. The number of ether oxygens (including phenoxy) is 1. The molecule has 4 rings (SSSR count). The van der Waals surface area contributed by atoms with E-state index in [1.807, 2.05) is 32.9 Å². The zero-order valence-electron chi connectivity index (χ0n) is 19.0. The van der Waals surface area contributed by atoms with E-state index in [-0.39, 0.29) is 11.5 Å². The van der Waals surface area contributed by atoms with Gasteiger partial charge in [0, 0.05) is 5.70 Å². The van der Waals surface area contributed by atoms with Crippen LogP contribution < -0.4 is 15.4 Å². The first-order chi connectivity index (χ1) is 16.4. The molecule has 0 spiro atoms. The first-order valence-electron chi connectivity index (χ1n) is 10.9. The number of rotatable bonds is 8. The molecular weight excluding hydrogens is 454 g/mol. The fourth-order valence-corrected chi connectivity index (χ4v) is 4.33. The monoisotopic (exact) mass is 479 g/mol. The van der Waals surface area contributed by atoms with Crippen molar-refractivity contribution in [1.82, 2.24) is 14.8 Å². The Kier molecular flexibility index (Phi) is 6.87. The fraction of sp³-hybridized carbons (Fsp3) is 0.250. The van der Waals surface area contributed by atoms with Gasteiger partial charge >= 0.3 is 5.97 Å². The van der Waals surface area contributed by atoms with E-state index in [0.29, 0.717) is 46.0 Å². The van der Waals surface area contributed by atoms with Crippen LogP contribution in [-0.4, -0.2) is 44.1 Å². The van der Waals surface area contributed by atoms with Gasteiger partial charge in [-0.15, -0.1) is 5.10 Å². The molecule has 1 aliphatic rings. The number of para-hydroxylation sites is 2. The SMILES string of the molecule is CCOc1ccccc1NC(=O)C1=C(C)Nc2nc(SCC)nn2C1c1ccc(C(=O)O)cc1. The van der Waals surface area contributed by atoms with E-state index in [1.54, 1.807) is 28.9 Å². The summed E-state index contributed by atoms with van der Waals surface area (Å²) in [7, 11) is 0. The van der Waals surface area contributed by atoms with Gasteiger partial charge < -0.3 is 20.5 Å². The van der Waals surface area contributed by atoms with Gasteiger partial charge in [0.15, 0.2) is 0 Å². The molecule has 1 amide bonds. The number of anilines is 2. The van der Waals surface area contributed by atoms with E-state index in [4.69, 9.17) is 4.74 Å². The van der Waals surface area contributed by atoms with Gasteiger partial charge in [0.2, 0.25) is 11.1 Å². The smallest absolute Gasteiger partial charge is 0.335 e. The quantitative estimate of drug-likeness (QED) is 0.407. The van der Waals surface area contributed by atoms with Gasteiger partial charge in [-0.2, -0.15) is 4.98 Å². The molecule has 9 nitrogen and oxygen atoms in total. The third-order valence-electron chi connectivity index (χ3n) is 5.26. The molecule has 1 aromatic heterocycles. The number of carbonyl (C=O) groups is 2. The molecule has 2 heterocycles. The molecule has 2 aromatic carbocycles. The van der Waals surface area contributed by atoms with Crippen LogP contribution >= 0.6 is 11.8 Å². The lowest BCUT2D eigenvalue weighted by Crippen LogP contribution is -2.31. The summed E-state index contributed by atoms with van der Waals surface area (Å²) in [5.41, 5.74) is 2.51. The van der Waals surface area contributed by atoms with Crippen LogP contribution in [0.5, 0.6) is 5.75 Å². The van der Waals surface area contributed by atoms with E-state index < -0.39 is 12.0 Å². The highest BCUT2D eigenvalue weighted by Crippen LogP contribution is 2.37. The molecule has 1 aliphatic heterocycles. The molecule has 176 valence electrons. The van der Waals surface area contributed by atoms with E-state index in [1.165, 1.54) is 23.9 Å². The molecule has 0 saturated heterocycles. The Morgan fingerprint density at radius 1 is 1.18 bits per heavy atom. The predicted octanol–water partition coefficient (Wildman–Crippen LogP) is 4.41. The number of benzene rings is 2. The molecule has 34 heavy (non-hydrogen) atoms. The number of aromatic carboxylic acids is 1. The number of amides is 1. The maximum absolute atomic E-state index is 13.6. The summed E-state index contributed by atoms with van der Waals surface area (Å²) >= 11 is 1.50. The standard InChI is InChI=1S/C24H25N5O4S/c1-4-33-18-9-7-6-8-17(18)26-21(30)19-14(3)25-23-27-24(34-5-2)28-29(23)20(19)15-10-12-16(13-11-15)22(31)32/h6-13,20H,4-5H2,1-3H3,(H,26,30)(H,31,32)(H,25,27,28). The van der Waals surface area contributed by atoms with Crippen LogP contribution in [0.1, 0.15) is 42.7 Å². The Morgan fingerprint density at radius 3 is 2.59 bits per heavy atom. The molecule has 1 unspecified atom stereocenters. The summed E-state index contributed by atoms with van der Waals surface area (Å²) < 4.78 is 7.32. The number of carboxylic acids is 1. The number of hydrogen-bond donors (Lipinski definition) is 3. The number of nitrogens with zero attached hydrogens (tertiary/aromatic N) is 3. The van der Waals surface area contributed by atoms with Gasteiger partial charge in [0.25, 0.3) is 5.91 Å². The van der Waals surface area contributed by atoms with Crippen LogP contribution in [0, 0.1) is 0 Å². The van der Waals surface area contributed by atoms with Crippen molar-refractivity contribution in [3.63, 3.8) is 0 Å². The van der Waals surface area contributed by atoms with Crippen molar-refractivity contribution in [2.75, 3.05) is 23.0 Å². The van der Waals surface area contributed by atoms with E-state index >= 15 is 0 Å². The van der Waals surface area contributed by atoms with Crippen LogP contribution in [-0.2, 0) is 4.79 Å². The number of carboxylic acid groups (broad SMARTS) is 1. The van der Waals surface area contributed by atoms with E-state index in [9.17, 15) is 14.7 Å². The minimum absolute atomic E-state index is 0.163. The number of carbonyl (C=O) groups excluding carboxylic acids is 1. The topological polar surface area (TPSA) is 118 Å². The molecule has 1 atom stereocenters. The highest BCUT2D eigenvalue weighted by atomic mass is 32.2. The average molecular weight is 480 g/mol. The van der Waals surface area contributed by atoms with E-state index in [0.717, 1.165) is 5.75 Å². The molecule has 10 heteroatoms. The maximum atomic E-state index is 13.6. The molecule has 0 saturated carbocycles. The van der Waals surface area contributed by atoms with Crippen molar-refractivity contribution in [2.45, 2.75) is 32.0 Å². The third kappa shape index (κ3) is 4.62. The summed E-state index contributed by atoms with van der Waals surface area (Å²) in [6.45, 7) is 6.17. The van der Waals surface area contributed by atoms with E-state index in [2.05, 4.69) is 20.7 Å². The summed E-state index contributed by atoms with van der Waals surface area (Å²) in [5, 5.41) is 20.7. The first-order valence-corrected chi connectivity index (χ1v) is 11.8. The highest BCUT2D eigenvalue weighted by molar-refractivity contribution is 7.99. The molecule has 0 fully saturated rings. The number of hydrogen-bond acceptors (Lipinski definition) is 7. The molecule has 0 bridgehead atoms. The average Bonchev–Trinajstić information content (AvgIpc) is 3.21. The van der Waals surface area contributed by atoms with Crippen molar-refractivity contribution in [3.8, 4) is 5.75 Å². The molecule has 0 radical (unpaired) electrons.